The number of pyridine rings is 1. The fourth-order valence-corrected chi connectivity index (χ4v) is 1.89. The van der Waals surface area contributed by atoms with E-state index < -0.39 is 0 Å². The highest BCUT2D eigenvalue weighted by atomic mass is 16.3. The van der Waals surface area contributed by atoms with E-state index in [9.17, 15) is 5.11 Å². The van der Waals surface area contributed by atoms with Gasteiger partial charge in [-0.3, -0.25) is 4.98 Å². The van der Waals surface area contributed by atoms with Crippen LogP contribution in [0.15, 0.2) is 48.7 Å². The third-order valence-electron chi connectivity index (χ3n) is 2.80. The van der Waals surface area contributed by atoms with Gasteiger partial charge in [-0.2, -0.15) is 0 Å². The Morgan fingerprint density at radius 1 is 1.05 bits per heavy atom. The minimum Gasteiger partial charge on any atom is -0.507 e. The van der Waals surface area contributed by atoms with Gasteiger partial charge >= 0.3 is 0 Å². The quantitative estimate of drug-likeness (QED) is 0.759. The number of nitrogens with zero attached hydrogens (tertiary/aromatic N) is 4. The summed E-state index contributed by atoms with van der Waals surface area (Å²) in [4.78, 5) is 8.66. The fraction of sp³-hybridized carbons (Fsp3) is 0.0714. The second-order valence-electron chi connectivity index (χ2n) is 4.11. The lowest BCUT2D eigenvalue weighted by atomic mass is 10.2. The van der Waals surface area contributed by atoms with Gasteiger partial charge in [-0.25, -0.2) is 9.67 Å². The molecule has 0 fully saturated rings. The van der Waals surface area contributed by atoms with E-state index in [1.165, 1.54) is 0 Å². The highest BCUT2D eigenvalue weighted by molar-refractivity contribution is 5.65. The molecule has 0 atom stereocenters. The molecular formula is C14H12N4O. The van der Waals surface area contributed by atoms with E-state index in [2.05, 4.69) is 15.1 Å². The first kappa shape index (κ1) is 11.4. The molecule has 0 unspecified atom stereocenters. The molecule has 0 amide bonds. The Kier molecular flexibility index (Phi) is 2.72. The summed E-state index contributed by atoms with van der Waals surface area (Å²) in [7, 11) is 1.79. The Labute approximate surface area is 110 Å². The number of rotatable bonds is 2. The van der Waals surface area contributed by atoms with Crippen LogP contribution >= 0.6 is 0 Å². The molecule has 5 heteroatoms. The van der Waals surface area contributed by atoms with Gasteiger partial charge in [0.2, 0.25) is 0 Å². The molecule has 1 aromatic carbocycles. The van der Waals surface area contributed by atoms with Crippen LogP contribution in [-0.2, 0) is 7.05 Å². The van der Waals surface area contributed by atoms with Gasteiger partial charge in [-0.1, -0.05) is 18.2 Å². The van der Waals surface area contributed by atoms with Crippen LogP contribution in [0.4, 0.5) is 0 Å². The highest BCUT2D eigenvalue weighted by Crippen LogP contribution is 2.28. The van der Waals surface area contributed by atoms with E-state index in [1.54, 1.807) is 30.1 Å². The summed E-state index contributed by atoms with van der Waals surface area (Å²) in [6.07, 6.45) is 1.70. The van der Waals surface area contributed by atoms with Crippen LogP contribution in [0.25, 0.3) is 22.9 Å². The van der Waals surface area contributed by atoms with Crippen LogP contribution in [0, 0.1) is 0 Å². The van der Waals surface area contributed by atoms with Crippen molar-refractivity contribution in [3.8, 4) is 28.7 Å². The standard InChI is InChI=1S/C14H12N4O/c1-18-14(10-6-2-3-8-12(10)19)16-13(17-18)11-7-4-5-9-15-11/h2-9,19H,1H3. The predicted octanol–water partition coefficient (Wildman–Crippen LogP) is 2.25. The number of aromatic hydroxyl groups is 1. The van der Waals surface area contributed by atoms with E-state index in [-0.39, 0.29) is 5.75 Å². The molecule has 0 bridgehead atoms. The molecular weight excluding hydrogens is 240 g/mol. The molecule has 3 rings (SSSR count). The maximum atomic E-state index is 9.87. The molecule has 0 aliphatic rings. The molecule has 0 radical (unpaired) electrons. The van der Waals surface area contributed by atoms with Gasteiger partial charge in [0.1, 0.15) is 11.4 Å². The number of hydrogen-bond donors (Lipinski definition) is 1. The first-order valence-corrected chi connectivity index (χ1v) is 5.86. The van der Waals surface area contributed by atoms with Crippen LogP contribution in [0.1, 0.15) is 0 Å². The number of hydrogen-bond acceptors (Lipinski definition) is 4. The molecule has 1 N–H and O–H groups in total. The monoisotopic (exact) mass is 252 g/mol. The zero-order valence-electron chi connectivity index (χ0n) is 10.4. The molecule has 2 heterocycles. The minimum atomic E-state index is 0.186. The van der Waals surface area contributed by atoms with Gasteiger partial charge in [0, 0.05) is 13.2 Å². The number of phenolic OH excluding ortho intramolecular Hbond substituents is 1. The Morgan fingerprint density at radius 2 is 1.84 bits per heavy atom. The maximum absolute atomic E-state index is 9.87. The van der Waals surface area contributed by atoms with Crippen molar-refractivity contribution in [3.63, 3.8) is 0 Å². The Morgan fingerprint density at radius 3 is 2.58 bits per heavy atom. The van der Waals surface area contributed by atoms with E-state index >= 15 is 0 Å². The molecule has 5 nitrogen and oxygen atoms in total. The topological polar surface area (TPSA) is 63.8 Å². The van der Waals surface area contributed by atoms with Crippen molar-refractivity contribution < 1.29 is 5.11 Å². The van der Waals surface area contributed by atoms with E-state index in [1.807, 2.05) is 30.3 Å². The van der Waals surface area contributed by atoms with Crippen molar-refractivity contribution in [2.75, 3.05) is 0 Å². The van der Waals surface area contributed by atoms with E-state index in [4.69, 9.17) is 0 Å². The van der Waals surface area contributed by atoms with E-state index in [0.29, 0.717) is 22.9 Å². The lowest BCUT2D eigenvalue weighted by Crippen LogP contribution is -1.94. The molecule has 0 aliphatic heterocycles. The van der Waals surface area contributed by atoms with Crippen LogP contribution in [0.3, 0.4) is 0 Å². The Bertz CT molecular complexity index is 706. The summed E-state index contributed by atoms with van der Waals surface area (Å²) in [6, 6.07) is 12.6. The fourth-order valence-electron chi connectivity index (χ4n) is 1.89. The van der Waals surface area contributed by atoms with Crippen molar-refractivity contribution in [1.82, 2.24) is 19.7 Å². The summed E-state index contributed by atoms with van der Waals surface area (Å²) in [5.74, 6) is 1.34. The largest absolute Gasteiger partial charge is 0.507 e. The van der Waals surface area contributed by atoms with Crippen molar-refractivity contribution in [2.24, 2.45) is 7.05 Å². The summed E-state index contributed by atoms with van der Waals surface area (Å²) in [5, 5.41) is 14.2. The molecule has 2 aromatic heterocycles. The average molecular weight is 252 g/mol. The molecule has 0 spiro atoms. The molecule has 94 valence electrons. The molecule has 19 heavy (non-hydrogen) atoms. The van der Waals surface area contributed by atoms with Gasteiger partial charge in [0.25, 0.3) is 0 Å². The second kappa shape index (κ2) is 4.53. The van der Waals surface area contributed by atoms with Crippen molar-refractivity contribution in [3.05, 3.63) is 48.7 Å². The normalized spacial score (nSPS) is 10.6. The van der Waals surface area contributed by atoms with Gasteiger partial charge in [-0.15, -0.1) is 5.10 Å². The zero-order chi connectivity index (χ0) is 13.2. The SMILES string of the molecule is Cn1nc(-c2ccccn2)nc1-c1ccccc1O. The zero-order valence-corrected chi connectivity index (χ0v) is 10.4. The number of aromatic nitrogens is 4. The minimum absolute atomic E-state index is 0.186. The maximum Gasteiger partial charge on any atom is 0.200 e. The Hall–Kier alpha value is -2.69. The predicted molar refractivity (Wildman–Crippen MR) is 71.3 cm³/mol. The lowest BCUT2D eigenvalue weighted by Gasteiger charge is -2.01. The summed E-state index contributed by atoms with van der Waals surface area (Å²) >= 11 is 0. The summed E-state index contributed by atoms with van der Waals surface area (Å²) < 4.78 is 1.64. The van der Waals surface area contributed by atoms with Gasteiger partial charge in [-0.05, 0) is 24.3 Å². The van der Waals surface area contributed by atoms with Crippen LogP contribution in [-0.4, -0.2) is 24.9 Å². The summed E-state index contributed by atoms with van der Waals surface area (Å²) in [5.41, 5.74) is 1.36. The Balaban J connectivity index is 2.11. The molecule has 3 aromatic rings. The summed E-state index contributed by atoms with van der Waals surface area (Å²) in [6.45, 7) is 0. The van der Waals surface area contributed by atoms with Gasteiger partial charge in [0.15, 0.2) is 11.6 Å². The van der Waals surface area contributed by atoms with E-state index in [0.717, 1.165) is 0 Å². The third kappa shape index (κ3) is 2.06. The van der Waals surface area contributed by atoms with Crippen molar-refractivity contribution in [1.29, 1.82) is 0 Å². The lowest BCUT2D eigenvalue weighted by molar-refractivity contribution is 0.476. The van der Waals surface area contributed by atoms with Crippen LogP contribution in [0.5, 0.6) is 5.75 Å². The smallest absolute Gasteiger partial charge is 0.200 e. The van der Waals surface area contributed by atoms with Crippen LogP contribution in [0.2, 0.25) is 0 Å². The van der Waals surface area contributed by atoms with Crippen LogP contribution < -0.4 is 0 Å². The van der Waals surface area contributed by atoms with Gasteiger partial charge in [0.05, 0.1) is 5.56 Å². The van der Waals surface area contributed by atoms with Crippen molar-refractivity contribution >= 4 is 0 Å². The van der Waals surface area contributed by atoms with Gasteiger partial charge < -0.3 is 5.11 Å². The second-order valence-corrected chi connectivity index (χ2v) is 4.11. The average Bonchev–Trinajstić information content (AvgIpc) is 2.82. The number of phenols is 1. The molecule has 0 saturated carbocycles. The highest BCUT2D eigenvalue weighted by Gasteiger charge is 2.14. The first-order chi connectivity index (χ1) is 9.25. The molecule has 0 saturated heterocycles. The first-order valence-electron chi connectivity index (χ1n) is 5.86. The third-order valence-corrected chi connectivity index (χ3v) is 2.80. The number of aryl methyl sites for hydroxylation is 1. The molecule has 0 aliphatic carbocycles. The number of benzene rings is 1. The van der Waals surface area contributed by atoms with Crippen molar-refractivity contribution in [2.45, 2.75) is 0 Å². The number of para-hydroxylation sites is 1.